The van der Waals surface area contributed by atoms with Gasteiger partial charge in [0.2, 0.25) is 5.91 Å². The molecule has 0 saturated carbocycles. The van der Waals surface area contributed by atoms with E-state index in [2.05, 4.69) is 43.2 Å². The Bertz CT molecular complexity index is 611. The number of carbonyl (C=O) groups is 1. The molecule has 1 heterocycles. The highest BCUT2D eigenvalue weighted by atomic mass is 32.1. The fourth-order valence-electron chi connectivity index (χ4n) is 1.96. The fourth-order valence-corrected chi connectivity index (χ4v) is 2.55. The van der Waals surface area contributed by atoms with Crippen molar-refractivity contribution in [1.29, 1.82) is 0 Å². The summed E-state index contributed by atoms with van der Waals surface area (Å²) < 4.78 is 0. The quantitative estimate of drug-likeness (QED) is 0.907. The van der Waals surface area contributed by atoms with Gasteiger partial charge in [-0.25, -0.2) is 4.98 Å². The normalized spacial score (nSPS) is 11.4. The van der Waals surface area contributed by atoms with Gasteiger partial charge in [0.25, 0.3) is 0 Å². The zero-order valence-electron chi connectivity index (χ0n) is 12.6. The van der Waals surface area contributed by atoms with Gasteiger partial charge in [-0.15, -0.1) is 11.3 Å². The van der Waals surface area contributed by atoms with Crippen molar-refractivity contribution < 1.29 is 4.79 Å². The van der Waals surface area contributed by atoms with Crippen molar-refractivity contribution in [3.05, 3.63) is 40.9 Å². The monoisotopic (exact) mass is 303 g/mol. The fraction of sp³-hybridized carbons (Fsp3) is 0.375. The van der Waals surface area contributed by atoms with E-state index in [4.69, 9.17) is 5.73 Å². The van der Waals surface area contributed by atoms with Gasteiger partial charge in [-0.05, 0) is 29.5 Å². The topological polar surface area (TPSA) is 68.0 Å². The average molecular weight is 303 g/mol. The smallest absolute Gasteiger partial charge is 0.224 e. The summed E-state index contributed by atoms with van der Waals surface area (Å²) in [6, 6.07) is 7.99. The Morgan fingerprint density at radius 3 is 2.48 bits per heavy atom. The molecule has 0 spiro atoms. The minimum absolute atomic E-state index is 0.00919. The average Bonchev–Trinajstić information content (AvgIpc) is 2.82. The lowest BCUT2D eigenvalue weighted by molar-refractivity contribution is -0.116. The van der Waals surface area contributed by atoms with Crippen molar-refractivity contribution in [3.8, 4) is 0 Å². The summed E-state index contributed by atoms with van der Waals surface area (Å²) in [5.74, 6) is -0.00919. The summed E-state index contributed by atoms with van der Waals surface area (Å²) in [5.41, 5.74) is 8.63. The zero-order chi connectivity index (χ0) is 15.5. The van der Waals surface area contributed by atoms with Crippen LogP contribution < -0.4 is 11.1 Å². The highest BCUT2D eigenvalue weighted by molar-refractivity contribution is 7.13. The Morgan fingerprint density at radius 2 is 1.95 bits per heavy atom. The molecule has 0 bridgehead atoms. The molecule has 1 aromatic heterocycles. The molecule has 3 N–H and O–H groups in total. The largest absolute Gasteiger partial charge is 0.375 e. The van der Waals surface area contributed by atoms with Gasteiger partial charge in [-0.2, -0.15) is 0 Å². The van der Waals surface area contributed by atoms with Crippen molar-refractivity contribution in [2.75, 3.05) is 11.1 Å². The van der Waals surface area contributed by atoms with E-state index in [1.807, 2.05) is 17.5 Å². The van der Waals surface area contributed by atoms with Gasteiger partial charge in [-0.1, -0.05) is 32.9 Å². The minimum Gasteiger partial charge on any atom is -0.375 e. The third-order valence-corrected chi connectivity index (χ3v) is 3.94. The van der Waals surface area contributed by atoms with Crippen molar-refractivity contribution in [1.82, 2.24) is 4.98 Å². The van der Waals surface area contributed by atoms with Crippen LogP contribution in [0.2, 0.25) is 0 Å². The molecular weight excluding hydrogens is 282 g/mol. The van der Waals surface area contributed by atoms with E-state index < -0.39 is 0 Å². The maximum absolute atomic E-state index is 11.9. The number of hydrogen-bond acceptors (Lipinski definition) is 4. The van der Waals surface area contributed by atoms with Gasteiger partial charge in [0.05, 0.1) is 5.69 Å². The standard InChI is InChI=1S/C16H21N3OS/c1-16(2,3)11-4-6-12(7-5-11)18-14(20)9-8-13-10-21-15(17)19-13/h4-7,10H,8-9H2,1-3H3,(H2,17,19)(H,18,20). The second-order valence-corrected chi connectivity index (χ2v) is 6.94. The lowest BCUT2D eigenvalue weighted by Gasteiger charge is -2.19. The van der Waals surface area contributed by atoms with Crippen LogP contribution >= 0.6 is 11.3 Å². The number of nitrogen functional groups attached to an aromatic ring is 1. The van der Waals surface area contributed by atoms with Crippen molar-refractivity contribution in [2.24, 2.45) is 0 Å². The molecule has 0 saturated heterocycles. The van der Waals surface area contributed by atoms with Gasteiger partial charge in [0.15, 0.2) is 5.13 Å². The summed E-state index contributed by atoms with van der Waals surface area (Å²) >= 11 is 1.40. The molecule has 0 fully saturated rings. The molecule has 1 aromatic carbocycles. The number of thiazole rings is 1. The van der Waals surface area contributed by atoms with Gasteiger partial charge in [0.1, 0.15) is 0 Å². The summed E-state index contributed by atoms with van der Waals surface area (Å²) in [6.07, 6.45) is 1.02. The predicted molar refractivity (Wildman–Crippen MR) is 88.6 cm³/mol. The molecule has 0 radical (unpaired) electrons. The van der Waals surface area contributed by atoms with E-state index in [0.717, 1.165) is 11.4 Å². The Kier molecular flexibility index (Phi) is 4.63. The second-order valence-electron chi connectivity index (χ2n) is 6.05. The Morgan fingerprint density at radius 1 is 1.29 bits per heavy atom. The van der Waals surface area contributed by atoms with Crippen molar-refractivity contribution >= 4 is 28.1 Å². The van der Waals surface area contributed by atoms with E-state index in [1.165, 1.54) is 16.9 Å². The van der Waals surface area contributed by atoms with Gasteiger partial charge in [-0.3, -0.25) is 4.79 Å². The van der Waals surface area contributed by atoms with Crippen LogP contribution in [0.4, 0.5) is 10.8 Å². The van der Waals surface area contributed by atoms with E-state index >= 15 is 0 Å². The minimum atomic E-state index is -0.00919. The first-order valence-electron chi connectivity index (χ1n) is 6.95. The third kappa shape index (κ3) is 4.56. The van der Waals surface area contributed by atoms with Crippen LogP contribution in [-0.4, -0.2) is 10.9 Å². The van der Waals surface area contributed by atoms with Crippen LogP contribution in [0, 0.1) is 0 Å². The van der Waals surface area contributed by atoms with E-state index in [0.29, 0.717) is 18.0 Å². The zero-order valence-corrected chi connectivity index (χ0v) is 13.5. The van der Waals surface area contributed by atoms with Crippen LogP contribution in [0.3, 0.4) is 0 Å². The number of aromatic nitrogens is 1. The molecule has 0 unspecified atom stereocenters. The number of amides is 1. The van der Waals surface area contributed by atoms with E-state index in [9.17, 15) is 4.79 Å². The summed E-state index contributed by atoms with van der Waals surface area (Å²) in [6.45, 7) is 6.50. The summed E-state index contributed by atoms with van der Waals surface area (Å²) in [7, 11) is 0. The SMILES string of the molecule is CC(C)(C)c1ccc(NC(=O)CCc2csc(N)n2)cc1. The molecule has 2 aromatic rings. The number of hydrogen-bond donors (Lipinski definition) is 2. The number of benzene rings is 1. The Balaban J connectivity index is 1.88. The van der Waals surface area contributed by atoms with Crippen LogP contribution in [0.25, 0.3) is 0 Å². The van der Waals surface area contributed by atoms with Crippen LogP contribution in [0.1, 0.15) is 38.4 Å². The molecule has 1 amide bonds. The molecule has 21 heavy (non-hydrogen) atoms. The van der Waals surface area contributed by atoms with Gasteiger partial charge < -0.3 is 11.1 Å². The maximum atomic E-state index is 11.9. The Hall–Kier alpha value is -1.88. The predicted octanol–water partition coefficient (Wildman–Crippen LogP) is 3.59. The van der Waals surface area contributed by atoms with E-state index in [1.54, 1.807) is 0 Å². The maximum Gasteiger partial charge on any atom is 0.224 e. The van der Waals surface area contributed by atoms with Crippen LogP contribution in [-0.2, 0) is 16.6 Å². The van der Waals surface area contributed by atoms with Gasteiger partial charge in [0, 0.05) is 17.5 Å². The number of nitrogens with two attached hydrogens (primary N) is 1. The summed E-state index contributed by atoms with van der Waals surface area (Å²) in [4.78, 5) is 16.1. The molecule has 112 valence electrons. The lowest BCUT2D eigenvalue weighted by Crippen LogP contribution is -2.14. The lowest BCUT2D eigenvalue weighted by atomic mass is 9.87. The molecule has 0 aliphatic heterocycles. The van der Waals surface area contributed by atoms with Gasteiger partial charge >= 0.3 is 0 Å². The number of anilines is 2. The Labute approximate surface area is 129 Å². The second kappa shape index (κ2) is 6.26. The highest BCUT2D eigenvalue weighted by Gasteiger charge is 2.13. The molecule has 0 aliphatic carbocycles. The molecule has 4 nitrogen and oxygen atoms in total. The highest BCUT2D eigenvalue weighted by Crippen LogP contribution is 2.23. The van der Waals surface area contributed by atoms with Crippen molar-refractivity contribution in [2.45, 2.75) is 39.0 Å². The number of nitrogens with zero attached hydrogens (tertiary/aromatic N) is 1. The molecule has 2 rings (SSSR count). The number of aryl methyl sites for hydroxylation is 1. The first-order chi connectivity index (χ1) is 9.84. The molecule has 5 heteroatoms. The van der Waals surface area contributed by atoms with Crippen molar-refractivity contribution in [3.63, 3.8) is 0 Å². The number of nitrogens with one attached hydrogen (secondary N) is 1. The molecule has 0 aliphatic rings. The first-order valence-corrected chi connectivity index (χ1v) is 7.83. The third-order valence-electron chi connectivity index (χ3n) is 3.21. The number of carbonyl (C=O) groups excluding carboxylic acids is 1. The molecule has 0 atom stereocenters. The van der Waals surface area contributed by atoms with E-state index in [-0.39, 0.29) is 11.3 Å². The first kappa shape index (κ1) is 15.5. The summed E-state index contributed by atoms with van der Waals surface area (Å²) in [5, 5.41) is 5.34. The van der Waals surface area contributed by atoms with Crippen LogP contribution in [0.15, 0.2) is 29.6 Å². The molecular formula is C16H21N3OS. The van der Waals surface area contributed by atoms with Crippen LogP contribution in [0.5, 0.6) is 0 Å². The number of rotatable bonds is 4.